The first-order valence-corrected chi connectivity index (χ1v) is 17.4. The molecule has 0 bridgehead atoms. The van der Waals surface area contributed by atoms with Gasteiger partial charge in [0, 0.05) is 11.8 Å². The average Bonchev–Trinajstić information content (AvgIpc) is 3.20. The number of H-pyrrole nitrogens is 1. The number of aromatic nitrogens is 2. The molecule has 0 saturated carbocycles. The van der Waals surface area contributed by atoms with E-state index < -0.39 is 78.7 Å². The monoisotopic (exact) mass is 688 g/mol. The first-order chi connectivity index (χ1) is 22.0. The van der Waals surface area contributed by atoms with Gasteiger partial charge < -0.3 is 19.7 Å². The molecule has 0 amide bonds. The summed E-state index contributed by atoms with van der Waals surface area (Å²) < 4.78 is 82.0. The summed E-state index contributed by atoms with van der Waals surface area (Å²) in [6.45, 7) is 0.497. The van der Waals surface area contributed by atoms with Gasteiger partial charge in [0.2, 0.25) is 0 Å². The molecule has 0 radical (unpaired) electrons. The van der Waals surface area contributed by atoms with E-state index in [1.165, 1.54) is 6.92 Å². The van der Waals surface area contributed by atoms with Crippen LogP contribution in [0.15, 0.2) is 107 Å². The number of hydrogen-bond donors (Lipinski definition) is 5. The number of hydrogen-bond acceptors (Lipinski definition) is 10. The van der Waals surface area contributed by atoms with Gasteiger partial charge in [-0.15, -0.1) is 0 Å². The van der Waals surface area contributed by atoms with Crippen molar-refractivity contribution in [2.24, 2.45) is 0 Å². The normalized spacial score (nSPS) is 23.5. The minimum absolute atomic E-state index is 0.100. The summed E-state index contributed by atoms with van der Waals surface area (Å²) in [5, 5.41) is 24.0. The molecule has 4 aromatic rings. The van der Waals surface area contributed by atoms with Crippen molar-refractivity contribution in [3.63, 3.8) is 0 Å². The summed E-state index contributed by atoms with van der Waals surface area (Å²) in [4.78, 5) is 27.0. The molecule has 14 nitrogen and oxygen atoms in total. The molecule has 250 valence electrons. The Labute approximate surface area is 269 Å². The number of nitrogens with zero attached hydrogens (tertiary/aromatic N) is 1. The number of benzene rings is 3. The summed E-state index contributed by atoms with van der Waals surface area (Å²) in [6, 6.07) is 26.4. The van der Waals surface area contributed by atoms with E-state index in [4.69, 9.17) is 9.47 Å². The summed E-state index contributed by atoms with van der Waals surface area (Å²) >= 11 is 0. The summed E-state index contributed by atoms with van der Waals surface area (Å²) in [6.07, 6.45) is -3.32. The van der Waals surface area contributed by atoms with E-state index in [1.807, 2.05) is 4.98 Å². The fraction of sp³-hybridized carbons (Fsp3) is 0.290. The molecule has 1 fully saturated rings. The molecule has 16 heteroatoms. The largest absolute Gasteiger partial charge is 0.383 e. The van der Waals surface area contributed by atoms with E-state index in [0.717, 1.165) is 6.20 Å². The summed E-state index contributed by atoms with van der Waals surface area (Å²) in [5.74, 6) is -3.46. The van der Waals surface area contributed by atoms with Gasteiger partial charge in [-0.3, -0.25) is 23.5 Å². The van der Waals surface area contributed by atoms with E-state index in [0.29, 0.717) is 21.3 Å². The number of aryl methyl sites for hydroxylation is 1. The van der Waals surface area contributed by atoms with Gasteiger partial charge in [0.1, 0.15) is 28.8 Å². The zero-order valence-electron chi connectivity index (χ0n) is 24.8. The highest BCUT2D eigenvalue weighted by Gasteiger charge is 2.69. The molecule has 5 rings (SSSR count). The smallest absolute Gasteiger partial charge is 0.330 e. The van der Waals surface area contributed by atoms with Crippen molar-refractivity contribution < 1.29 is 45.6 Å². The molecule has 0 spiro atoms. The van der Waals surface area contributed by atoms with E-state index in [2.05, 4.69) is 0 Å². The Balaban J connectivity index is 1.73. The van der Waals surface area contributed by atoms with Crippen molar-refractivity contribution in [1.82, 2.24) is 9.55 Å². The lowest BCUT2D eigenvalue weighted by molar-refractivity contribution is -0.138. The van der Waals surface area contributed by atoms with Crippen LogP contribution in [0.1, 0.15) is 28.5 Å². The summed E-state index contributed by atoms with van der Waals surface area (Å²) in [7, 11) is -10.5. The highest BCUT2D eigenvalue weighted by molar-refractivity contribution is 7.86. The standard InChI is InChI=1S/C31H32N2O12S2/c1-21-17-33(28(35)32-26(21)34)27-30(37,20-47(41,42)43)29(36,19-46(38,39)40)25(45-27)18-44-31(22-11-5-2-6-12-22,23-13-7-3-8-14-23)24-15-9-4-10-16-24/h2-17,25,27,36-37H,18-20H2,1H3,(H,32,34,35)(H,38,39,40)(H,41,42,43)/t25-,27-,29-,30+/m1/s1. The van der Waals surface area contributed by atoms with Crippen molar-refractivity contribution in [1.29, 1.82) is 0 Å². The quantitative estimate of drug-likeness (QED) is 0.110. The SMILES string of the molecule is Cc1cn([C@@H]2O[C@H](COC(c3ccccc3)(c3ccccc3)c3ccccc3)[C@](O)(CS(=O)(=O)O)[C@]2(O)CS(=O)(=O)O)c(=O)[nH]c1=O. The van der Waals surface area contributed by atoms with Crippen LogP contribution in [0.3, 0.4) is 0 Å². The number of ether oxygens (including phenoxy) is 2. The Morgan fingerprint density at radius 2 is 1.21 bits per heavy atom. The highest BCUT2D eigenvalue weighted by Crippen LogP contribution is 2.48. The van der Waals surface area contributed by atoms with Crippen LogP contribution in [-0.2, 0) is 35.3 Å². The van der Waals surface area contributed by atoms with Gasteiger partial charge in [-0.05, 0) is 23.6 Å². The zero-order valence-corrected chi connectivity index (χ0v) is 26.5. The number of rotatable bonds is 11. The molecule has 47 heavy (non-hydrogen) atoms. The van der Waals surface area contributed by atoms with E-state index in [9.17, 15) is 45.7 Å². The van der Waals surface area contributed by atoms with Gasteiger partial charge in [-0.1, -0.05) is 91.0 Å². The predicted molar refractivity (Wildman–Crippen MR) is 168 cm³/mol. The molecule has 4 atom stereocenters. The minimum Gasteiger partial charge on any atom is -0.383 e. The Kier molecular flexibility index (Phi) is 9.17. The van der Waals surface area contributed by atoms with Gasteiger partial charge in [0.05, 0.1) is 6.61 Å². The van der Waals surface area contributed by atoms with Crippen LogP contribution >= 0.6 is 0 Å². The lowest BCUT2D eigenvalue weighted by Crippen LogP contribution is -2.65. The molecule has 1 aromatic heterocycles. The van der Waals surface area contributed by atoms with Crippen LogP contribution < -0.4 is 11.2 Å². The van der Waals surface area contributed by atoms with E-state index in [-0.39, 0.29) is 5.56 Å². The number of aromatic amines is 1. The van der Waals surface area contributed by atoms with Gasteiger partial charge >= 0.3 is 5.69 Å². The number of nitrogens with one attached hydrogen (secondary N) is 1. The maximum Gasteiger partial charge on any atom is 0.330 e. The molecule has 3 aromatic carbocycles. The fourth-order valence-corrected chi connectivity index (χ4v) is 7.99. The molecule has 2 heterocycles. The first kappa shape index (κ1) is 34.3. The van der Waals surface area contributed by atoms with E-state index >= 15 is 0 Å². The molecular weight excluding hydrogens is 656 g/mol. The van der Waals surface area contributed by atoms with Crippen LogP contribution in [0, 0.1) is 6.92 Å². The van der Waals surface area contributed by atoms with Crippen molar-refractivity contribution in [2.75, 3.05) is 18.1 Å². The molecule has 1 aliphatic rings. The summed E-state index contributed by atoms with van der Waals surface area (Å²) in [5.41, 5.74) is -8.49. The lowest BCUT2D eigenvalue weighted by Gasteiger charge is -2.41. The Hall–Kier alpha value is -4.00. The second-order valence-corrected chi connectivity index (χ2v) is 14.3. The highest BCUT2D eigenvalue weighted by atomic mass is 32.2. The van der Waals surface area contributed by atoms with E-state index in [1.54, 1.807) is 91.0 Å². The van der Waals surface area contributed by atoms with Crippen LogP contribution in [-0.4, -0.2) is 81.1 Å². The maximum absolute atomic E-state index is 12.9. The minimum atomic E-state index is -5.25. The van der Waals surface area contributed by atoms with Gasteiger partial charge in [-0.2, -0.15) is 16.8 Å². The second kappa shape index (κ2) is 12.6. The predicted octanol–water partition coefficient (Wildman–Crippen LogP) is 0.989. The third-order valence-electron chi connectivity index (χ3n) is 8.18. The van der Waals surface area contributed by atoms with Gasteiger partial charge in [-0.25, -0.2) is 4.79 Å². The van der Waals surface area contributed by atoms with Crippen LogP contribution in [0.5, 0.6) is 0 Å². The third-order valence-corrected chi connectivity index (χ3v) is 9.79. The zero-order chi connectivity index (χ0) is 34.3. The van der Waals surface area contributed by atoms with Gasteiger partial charge in [0.15, 0.2) is 11.8 Å². The lowest BCUT2D eigenvalue weighted by atomic mass is 9.79. The van der Waals surface area contributed by atoms with Crippen molar-refractivity contribution >= 4 is 20.2 Å². The Morgan fingerprint density at radius 1 is 0.787 bits per heavy atom. The van der Waals surface area contributed by atoms with Crippen molar-refractivity contribution in [3.05, 3.63) is 140 Å². The molecular formula is C31H32N2O12S2. The molecule has 1 aliphatic heterocycles. The first-order valence-electron chi connectivity index (χ1n) is 14.1. The van der Waals surface area contributed by atoms with Crippen molar-refractivity contribution in [2.45, 2.75) is 36.1 Å². The topological polar surface area (TPSA) is 223 Å². The number of aliphatic hydroxyl groups is 2. The Bertz CT molecular complexity index is 1970. The van der Waals surface area contributed by atoms with Crippen LogP contribution in [0.25, 0.3) is 0 Å². The molecule has 0 unspecified atom stereocenters. The van der Waals surface area contributed by atoms with Crippen molar-refractivity contribution in [3.8, 4) is 0 Å². The van der Waals surface area contributed by atoms with Crippen LogP contribution in [0.4, 0.5) is 0 Å². The third kappa shape index (κ3) is 6.59. The molecule has 1 saturated heterocycles. The second-order valence-electron chi connectivity index (χ2n) is 11.3. The maximum atomic E-state index is 12.9. The molecule has 5 N–H and O–H groups in total. The average molecular weight is 689 g/mol. The van der Waals surface area contributed by atoms with Gasteiger partial charge in [0.25, 0.3) is 25.8 Å². The fourth-order valence-electron chi connectivity index (χ4n) is 6.05. The van der Waals surface area contributed by atoms with Crippen LogP contribution in [0.2, 0.25) is 0 Å². The Morgan fingerprint density at radius 3 is 1.64 bits per heavy atom. The molecule has 0 aliphatic carbocycles.